The normalized spacial score (nSPS) is 11.5. The molecule has 0 saturated heterocycles. The van der Waals surface area contributed by atoms with Crippen LogP contribution in [0.25, 0.3) is 0 Å². The molecule has 0 atom stereocenters. The number of amides is 1. The molecule has 26 heavy (non-hydrogen) atoms. The standard InChI is InChI=1S/C18H24N2O5S/c1-4-20(5-2)26(22,23)17-13-14(8-9-16(17)24-3)18(21)19-11-10-15-7-6-12-25-15/h6-9,12-13H,4-5,10-11H2,1-3H3,(H,19,21). The number of carbonyl (C=O) groups excluding carboxylic acids is 1. The van der Waals surface area contributed by atoms with Gasteiger partial charge >= 0.3 is 0 Å². The van der Waals surface area contributed by atoms with Gasteiger partial charge < -0.3 is 14.5 Å². The highest BCUT2D eigenvalue weighted by Crippen LogP contribution is 2.27. The van der Waals surface area contributed by atoms with Gasteiger partial charge in [-0.2, -0.15) is 4.31 Å². The van der Waals surface area contributed by atoms with Crippen molar-refractivity contribution in [1.82, 2.24) is 9.62 Å². The number of benzene rings is 1. The summed E-state index contributed by atoms with van der Waals surface area (Å²) in [6, 6.07) is 8.01. The maximum absolute atomic E-state index is 12.8. The molecule has 0 unspecified atom stereocenters. The maximum atomic E-state index is 12.8. The molecule has 2 aromatic rings. The van der Waals surface area contributed by atoms with Gasteiger partial charge in [-0.05, 0) is 30.3 Å². The number of sulfonamides is 1. The molecule has 1 aromatic heterocycles. The second-order valence-electron chi connectivity index (χ2n) is 5.54. The van der Waals surface area contributed by atoms with Gasteiger partial charge in [0.15, 0.2) is 0 Å². The summed E-state index contributed by atoms with van der Waals surface area (Å²) in [5.41, 5.74) is 0.260. The second kappa shape index (κ2) is 8.86. The summed E-state index contributed by atoms with van der Waals surface area (Å²) in [6.45, 7) is 4.58. The maximum Gasteiger partial charge on any atom is 0.251 e. The highest BCUT2D eigenvalue weighted by molar-refractivity contribution is 7.89. The number of furan rings is 1. The molecule has 8 heteroatoms. The Morgan fingerprint density at radius 1 is 1.23 bits per heavy atom. The van der Waals surface area contributed by atoms with Crippen LogP contribution < -0.4 is 10.1 Å². The van der Waals surface area contributed by atoms with Crippen molar-refractivity contribution in [2.24, 2.45) is 0 Å². The van der Waals surface area contributed by atoms with Gasteiger partial charge in [-0.15, -0.1) is 0 Å². The van der Waals surface area contributed by atoms with Gasteiger partial charge in [0.05, 0.1) is 13.4 Å². The first-order valence-corrected chi connectivity index (χ1v) is 9.86. The van der Waals surface area contributed by atoms with Crippen molar-refractivity contribution in [1.29, 1.82) is 0 Å². The van der Waals surface area contributed by atoms with E-state index in [4.69, 9.17) is 9.15 Å². The Kier molecular flexibility index (Phi) is 6.82. The van der Waals surface area contributed by atoms with E-state index >= 15 is 0 Å². The number of hydrogen-bond donors (Lipinski definition) is 1. The van der Waals surface area contributed by atoms with Crippen LogP contribution in [0, 0.1) is 0 Å². The Balaban J connectivity index is 2.21. The molecule has 0 saturated carbocycles. The average Bonchev–Trinajstić information content (AvgIpc) is 3.15. The van der Waals surface area contributed by atoms with Crippen molar-refractivity contribution in [3.05, 3.63) is 47.9 Å². The molecule has 1 N–H and O–H groups in total. The number of nitrogens with one attached hydrogen (secondary N) is 1. The first kappa shape index (κ1) is 20.0. The minimum absolute atomic E-state index is 0.0117. The molecule has 0 aliphatic carbocycles. The van der Waals surface area contributed by atoms with E-state index in [1.54, 1.807) is 32.2 Å². The zero-order valence-corrected chi connectivity index (χ0v) is 16.0. The van der Waals surface area contributed by atoms with Gasteiger partial charge in [-0.25, -0.2) is 8.42 Å². The third kappa shape index (κ3) is 4.44. The Bertz CT molecular complexity index is 827. The number of nitrogens with zero attached hydrogens (tertiary/aromatic N) is 1. The van der Waals surface area contributed by atoms with Crippen LogP contribution in [0.3, 0.4) is 0 Å². The van der Waals surface area contributed by atoms with Gasteiger partial charge in [0.2, 0.25) is 10.0 Å². The Morgan fingerprint density at radius 2 is 1.96 bits per heavy atom. The molecule has 0 radical (unpaired) electrons. The first-order chi connectivity index (χ1) is 12.4. The van der Waals surface area contributed by atoms with Crippen LogP contribution in [0.2, 0.25) is 0 Å². The summed E-state index contributed by atoms with van der Waals surface area (Å²) in [5, 5.41) is 2.76. The van der Waals surface area contributed by atoms with Gasteiger partial charge in [0, 0.05) is 31.6 Å². The van der Waals surface area contributed by atoms with E-state index < -0.39 is 10.0 Å². The zero-order chi connectivity index (χ0) is 19.2. The molecule has 7 nitrogen and oxygen atoms in total. The summed E-state index contributed by atoms with van der Waals surface area (Å²) in [5.74, 6) is 0.629. The number of methoxy groups -OCH3 is 1. The molecular weight excluding hydrogens is 356 g/mol. The first-order valence-electron chi connectivity index (χ1n) is 8.42. The monoisotopic (exact) mass is 380 g/mol. The third-order valence-electron chi connectivity index (χ3n) is 3.99. The van der Waals surface area contributed by atoms with Crippen LogP contribution in [0.1, 0.15) is 30.0 Å². The van der Waals surface area contributed by atoms with Crippen molar-refractivity contribution in [3.63, 3.8) is 0 Å². The molecule has 2 rings (SSSR count). The molecule has 0 spiro atoms. The van der Waals surface area contributed by atoms with Crippen LogP contribution in [-0.2, 0) is 16.4 Å². The van der Waals surface area contributed by atoms with Gasteiger partial charge in [0.25, 0.3) is 5.91 Å². The summed E-state index contributed by atoms with van der Waals surface area (Å²) in [6.07, 6.45) is 2.13. The molecule has 0 bridgehead atoms. The summed E-state index contributed by atoms with van der Waals surface area (Å²) in [4.78, 5) is 12.4. The topological polar surface area (TPSA) is 88.9 Å². The quantitative estimate of drug-likeness (QED) is 0.721. The number of rotatable bonds is 9. The van der Waals surface area contributed by atoms with Crippen molar-refractivity contribution in [3.8, 4) is 5.75 Å². The Labute approximate surface area is 154 Å². The van der Waals surface area contributed by atoms with E-state index in [9.17, 15) is 13.2 Å². The fourth-order valence-electron chi connectivity index (χ4n) is 2.58. The largest absolute Gasteiger partial charge is 0.495 e. The Morgan fingerprint density at radius 3 is 2.54 bits per heavy atom. The van der Waals surface area contributed by atoms with Crippen molar-refractivity contribution < 1.29 is 22.4 Å². The zero-order valence-electron chi connectivity index (χ0n) is 15.2. The molecular formula is C18H24N2O5S. The molecule has 0 aliphatic heterocycles. The van der Waals surface area contributed by atoms with Crippen LogP contribution in [0.15, 0.2) is 45.9 Å². The fourth-order valence-corrected chi connectivity index (χ4v) is 4.22. The molecule has 1 amide bonds. The summed E-state index contributed by atoms with van der Waals surface area (Å²) < 4.78 is 37.4. The van der Waals surface area contributed by atoms with E-state index in [1.807, 2.05) is 6.07 Å². The summed E-state index contributed by atoms with van der Waals surface area (Å²) in [7, 11) is -2.34. The number of carbonyl (C=O) groups is 1. The van der Waals surface area contributed by atoms with Crippen LogP contribution in [-0.4, -0.2) is 45.4 Å². The lowest BCUT2D eigenvalue weighted by Crippen LogP contribution is -2.31. The second-order valence-corrected chi connectivity index (χ2v) is 7.45. The van der Waals surface area contributed by atoms with Gasteiger partial charge in [0.1, 0.15) is 16.4 Å². The van der Waals surface area contributed by atoms with Crippen molar-refractivity contribution >= 4 is 15.9 Å². The highest BCUT2D eigenvalue weighted by atomic mass is 32.2. The molecule has 1 aromatic carbocycles. The predicted molar refractivity (Wildman–Crippen MR) is 97.8 cm³/mol. The van der Waals surface area contributed by atoms with E-state index in [1.165, 1.54) is 23.5 Å². The van der Waals surface area contributed by atoms with Crippen molar-refractivity contribution in [2.75, 3.05) is 26.7 Å². The number of ether oxygens (including phenoxy) is 1. The van der Waals surface area contributed by atoms with E-state index in [0.717, 1.165) is 5.76 Å². The Hall–Kier alpha value is -2.32. The SMILES string of the molecule is CCN(CC)S(=O)(=O)c1cc(C(=O)NCCc2ccco2)ccc1OC. The van der Waals surface area contributed by atoms with E-state index in [0.29, 0.717) is 26.1 Å². The molecule has 0 fully saturated rings. The van der Waals surface area contributed by atoms with E-state index in [2.05, 4.69) is 5.32 Å². The number of hydrogen-bond acceptors (Lipinski definition) is 5. The van der Waals surface area contributed by atoms with Crippen LogP contribution in [0.4, 0.5) is 0 Å². The molecule has 0 aliphatic rings. The summed E-state index contributed by atoms with van der Waals surface area (Å²) >= 11 is 0. The van der Waals surface area contributed by atoms with Crippen LogP contribution >= 0.6 is 0 Å². The van der Waals surface area contributed by atoms with Crippen molar-refractivity contribution in [2.45, 2.75) is 25.2 Å². The fraction of sp³-hybridized carbons (Fsp3) is 0.389. The smallest absolute Gasteiger partial charge is 0.251 e. The van der Waals surface area contributed by atoms with Gasteiger partial charge in [-0.1, -0.05) is 13.8 Å². The minimum atomic E-state index is -3.74. The average molecular weight is 380 g/mol. The van der Waals surface area contributed by atoms with E-state index in [-0.39, 0.29) is 22.1 Å². The molecule has 142 valence electrons. The lowest BCUT2D eigenvalue weighted by atomic mass is 10.2. The third-order valence-corrected chi connectivity index (χ3v) is 6.06. The lowest BCUT2D eigenvalue weighted by Gasteiger charge is -2.20. The van der Waals surface area contributed by atoms with Gasteiger partial charge in [-0.3, -0.25) is 4.79 Å². The molecule has 1 heterocycles. The highest BCUT2D eigenvalue weighted by Gasteiger charge is 2.26. The lowest BCUT2D eigenvalue weighted by molar-refractivity contribution is 0.0953. The predicted octanol–water partition coefficient (Wildman–Crippen LogP) is 2.29. The minimum Gasteiger partial charge on any atom is -0.495 e. The van der Waals surface area contributed by atoms with Crippen LogP contribution in [0.5, 0.6) is 5.75 Å².